The summed E-state index contributed by atoms with van der Waals surface area (Å²) < 4.78 is 0. The van der Waals surface area contributed by atoms with E-state index in [9.17, 15) is 0 Å². The van der Waals surface area contributed by atoms with E-state index < -0.39 is 5.97 Å². The quantitative estimate of drug-likeness (QED) is 0.252. The van der Waals surface area contributed by atoms with Gasteiger partial charge in [-0.25, -0.2) is 4.79 Å². The predicted molar refractivity (Wildman–Crippen MR) is 16.5 cm³/mol. The van der Waals surface area contributed by atoms with Crippen LogP contribution in [0.5, 0.6) is 0 Å². The Balaban J connectivity index is 0. The number of hydrogen-bond donors (Lipinski definition) is 1. The van der Waals surface area contributed by atoms with Crippen LogP contribution in [-0.2, 0) is 4.79 Å². The Labute approximate surface area is 57.8 Å². The van der Waals surface area contributed by atoms with E-state index >= 15 is 0 Å². The minimum atomic E-state index is -1.22. The molecule has 0 saturated heterocycles. The van der Waals surface area contributed by atoms with E-state index in [1.54, 1.807) is 0 Å². The Morgan fingerprint density at radius 2 is 2.00 bits per heavy atom. The van der Waals surface area contributed by atoms with E-state index in [1.165, 1.54) is 5.92 Å². The van der Waals surface area contributed by atoms with Crippen LogP contribution in [0.2, 0.25) is 0 Å². The number of aliphatic carboxylic acids is 1. The zero-order valence-corrected chi connectivity index (χ0v) is 5.43. The van der Waals surface area contributed by atoms with Crippen molar-refractivity contribution in [3.63, 3.8) is 0 Å². The molecule has 0 bridgehead atoms. The first kappa shape index (κ1) is 9.39. The Hall–Kier alpha value is 0.0300. The summed E-state index contributed by atoms with van der Waals surface area (Å²) in [5.41, 5.74) is 0. The number of hydrogen-bond acceptors (Lipinski definition) is 1. The zero-order valence-electron chi connectivity index (χ0n) is 3.43. The van der Waals surface area contributed by atoms with E-state index in [1.807, 2.05) is 0 Å². The SMILES string of the molecule is C#CC(=O)O.[Na+]. The van der Waals surface area contributed by atoms with E-state index in [-0.39, 0.29) is 29.6 Å². The summed E-state index contributed by atoms with van der Waals surface area (Å²) in [6.07, 6.45) is 4.32. The molecule has 3 heteroatoms. The van der Waals surface area contributed by atoms with Gasteiger partial charge in [0.2, 0.25) is 0 Å². The van der Waals surface area contributed by atoms with Gasteiger partial charge >= 0.3 is 35.5 Å². The smallest absolute Gasteiger partial charge is 0.472 e. The first-order chi connectivity index (χ1) is 2.27. The molecule has 0 aliphatic heterocycles. The minimum Gasteiger partial charge on any atom is -0.472 e. The average Bonchev–Trinajstić information content (AvgIpc) is 1.38. The van der Waals surface area contributed by atoms with Crippen molar-refractivity contribution >= 4 is 5.97 Å². The molecule has 0 aromatic rings. The van der Waals surface area contributed by atoms with Gasteiger partial charge in [0.25, 0.3) is 0 Å². The second-order valence-corrected chi connectivity index (χ2v) is 0.449. The fraction of sp³-hybridized carbons (Fsp3) is 0. The van der Waals surface area contributed by atoms with E-state index in [4.69, 9.17) is 9.90 Å². The van der Waals surface area contributed by atoms with Crippen molar-refractivity contribution in [3.05, 3.63) is 0 Å². The van der Waals surface area contributed by atoms with Crippen LogP contribution in [0.4, 0.5) is 0 Å². The van der Waals surface area contributed by atoms with Gasteiger partial charge in [0.05, 0.1) is 0 Å². The van der Waals surface area contributed by atoms with Crippen LogP contribution in [0.1, 0.15) is 0 Å². The number of carboxylic acids is 1. The molecule has 0 unspecified atom stereocenters. The maximum Gasteiger partial charge on any atom is 1.00 e. The average molecular weight is 93.0 g/mol. The molecule has 0 heterocycles. The molecular formula is C3H2NaO2+. The van der Waals surface area contributed by atoms with Crippen molar-refractivity contribution in [2.75, 3.05) is 0 Å². The van der Waals surface area contributed by atoms with Gasteiger partial charge in [-0.15, -0.1) is 6.42 Å². The maximum absolute atomic E-state index is 9.13. The van der Waals surface area contributed by atoms with Crippen molar-refractivity contribution in [2.24, 2.45) is 0 Å². The Morgan fingerprint density at radius 1 is 1.83 bits per heavy atom. The van der Waals surface area contributed by atoms with Gasteiger partial charge in [-0.2, -0.15) is 0 Å². The second kappa shape index (κ2) is 5.03. The summed E-state index contributed by atoms with van der Waals surface area (Å²) in [4.78, 5) is 9.13. The van der Waals surface area contributed by atoms with Gasteiger partial charge < -0.3 is 5.11 Å². The summed E-state index contributed by atoms with van der Waals surface area (Å²) in [6, 6.07) is 0. The van der Waals surface area contributed by atoms with Crippen molar-refractivity contribution in [1.29, 1.82) is 0 Å². The molecule has 2 nitrogen and oxygen atoms in total. The first-order valence-electron chi connectivity index (χ1n) is 0.966. The Morgan fingerprint density at radius 3 is 2.00 bits per heavy atom. The normalized spacial score (nSPS) is 4.50. The van der Waals surface area contributed by atoms with Crippen molar-refractivity contribution in [2.45, 2.75) is 0 Å². The molecule has 0 aliphatic carbocycles. The van der Waals surface area contributed by atoms with E-state index in [0.717, 1.165) is 0 Å². The van der Waals surface area contributed by atoms with Gasteiger partial charge in [-0.05, 0) is 0 Å². The summed E-state index contributed by atoms with van der Waals surface area (Å²) in [7, 11) is 0. The molecule has 0 aromatic heterocycles. The number of carbonyl (C=O) groups is 1. The molecule has 0 aliphatic rings. The largest absolute Gasteiger partial charge is 1.00 e. The maximum atomic E-state index is 9.13. The molecule has 6 heavy (non-hydrogen) atoms. The monoisotopic (exact) mass is 93.0 g/mol. The number of rotatable bonds is 0. The van der Waals surface area contributed by atoms with Gasteiger partial charge in [-0.1, -0.05) is 0 Å². The van der Waals surface area contributed by atoms with Crippen LogP contribution in [-0.4, -0.2) is 11.1 Å². The Kier molecular flexibility index (Phi) is 7.88. The van der Waals surface area contributed by atoms with E-state index in [2.05, 4.69) is 6.42 Å². The Bertz CT molecular complexity index is 81.3. The minimum absolute atomic E-state index is 0. The summed E-state index contributed by atoms with van der Waals surface area (Å²) >= 11 is 0. The molecule has 0 saturated carbocycles. The molecule has 0 fully saturated rings. The van der Waals surface area contributed by atoms with Crippen molar-refractivity contribution in [3.8, 4) is 12.3 Å². The van der Waals surface area contributed by atoms with Crippen molar-refractivity contribution in [1.82, 2.24) is 0 Å². The fourth-order valence-electron chi connectivity index (χ4n) is 0. The topological polar surface area (TPSA) is 37.3 Å². The third-order valence-corrected chi connectivity index (χ3v) is 0.123. The van der Waals surface area contributed by atoms with Crippen LogP contribution in [0, 0.1) is 12.3 Å². The zero-order chi connectivity index (χ0) is 4.28. The summed E-state index contributed by atoms with van der Waals surface area (Å²) in [6.45, 7) is 0. The molecule has 0 rings (SSSR count). The van der Waals surface area contributed by atoms with Crippen LogP contribution in [0.25, 0.3) is 0 Å². The second-order valence-electron chi connectivity index (χ2n) is 0.449. The third kappa shape index (κ3) is 8.98. The van der Waals surface area contributed by atoms with Crippen LogP contribution in [0.3, 0.4) is 0 Å². The van der Waals surface area contributed by atoms with Gasteiger partial charge in [0, 0.05) is 5.92 Å². The third-order valence-electron chi connectivity index (χ3n) is 0.123. The summed E-state index contributed by atoms with van der Waals surface area (Å²) in [5.74, 6) is 0.227. The predicted octanol–water partition coefficient (Wildman–Crippen LogP) is -3.29. The first-order valence-corrected chi connectivity index (χ1v) is 0.966. The van der Waals surface area contributed by atoms with Crippen LogP contribution < -0.4 is 29.6 Å². The summed E-state index contributed by atoms with van der Waals surface area (Å²) in [5, 5.41) is 7.49. The van der Waals surface area contributed by atoms with Crippen LogP contribution in [0.15, 0.2) is 0 Å². The van der Waals surface area contributed by atoms with Crippen LogP contribution >= 0.6 is 0 Å². The molecule has 1 N–H and O–H groups in total. The van der Waals surface area contributed by atoms with Gasteiger partial charge in [0.15, 0.2) is 0 Å². The molecule has 26 valence electrons. The standard InChI is InChI=1S/C3H2O2.Na/c1-2-3(4)5;/h1H,(H,4,5);/q;+1. The molecule has 0 radical (unpaired) electrons. The molecular weight excluding hydrogens is 91.0 g/mol. The molecule has 0 aromatic carbocycles. The number of terminal acetylenes is 1. The molecule has 0 spiro atoms. The van der Waals surface area contributed by atoms with Gasteiger partial charge in [0.1, 0.15) is 0 Å². The van der Waals surface area contributed by atoms with Gasteiger partial charge in [-0.3, -0.25) is 0 Å². The number of carboxylic acid groups (broad SMARTS) is 1. The van der Waals surface area contributed by atoms with Crippen molar-refractivity contribution < 1.29 is 39.5 Å². The van der Waals surface area contributed by atoms with E-state index in [0.29, 0.717) is 0 Å². The fourth-order valence-corrected chi connectivity index (χ4v) is 0. The molecule has 0 atom stereocenters. The molecule has 0 amide bonds.